The number of thiol groups is 2. The summed E-state index contributed by atoms with van der Waals surface area (Å²) in [6.07, 6.45) is 0. The van der Waals surface area contributed by atoms with Crippen molar-refractivity contribution >= 4 is 31.3 Å². The smallest absolute Gasteiger partial charge is 0.320 e. The van der Waals surface area contributed by atoms with E-state index in [-0.39, 0.29) is 6.03 Å². The number of carbonyl (C=O) groups is 1. The van der Waals surface area contributed by atoms with Gasteiger partial charge in [-0.05, 0) is 0 Å². The van der Waals surface area contributed by atoms with Crippen LogP contribution in [0, 0.1) is 0 Å². The minimum Gasteiger partial charge on any atom is -0.322 e. The fourth-order valence-electron chi connectivity index (χ4n) is 1.29. The molecule has 0 aliphatic carbocycles. The fourth-order valence-corrected chi connectivity index (χ4v) is 1.77. The van der Waals surface area contributed by atoms with Gasteiger partial charge in [-0.25, -0.2) is 4.79 Å². The van der Waals surface area contributed by atoms with Crippen LogP contribution >= 0.6 is 25.3 Å². The summed E-state index contributed by atoms with van der Waals surface area (Å²) >= 11 is 8.18. The van der Waals surface area contributed by atoms with E-state index >= 15 is 0 Å². The number of hydrogen-bond acceptors (Lipinski definition) is 3. The van der Waals surface area contributed by atoms with E-state index in [1.165, 1.54) is 0 Å². The van der Waals surface area contributed by atoms with Crippen LogP contribution in [0.3, 0.4) is 0 Å². The van der Waals surface area contributed by atoms with Crippen LogP contribution in [0.1, 0.15) is 0 Å². The van der Waals surface area contributed by atoms with Gasteiger partial charge < -0.3 is 9.80 Å². The lowest BCUT2D eigenvalue weighted by Crippen LogP contribution is -2.33. The van der Waals surface area contributed by atoms with E-state index in [1.807, 2.05) is 9.80 Å². The zero-order valence-electron chi connectivity index (χ0n) is 6.94. The fraction of sp³-hybridized carbons (Fsp3) is 0.857. The monoisotopic (exact) mass is 206 g/mol. The highest BCUT2D eigenvalue weighted by Gasteiger charge is 2.26. The van der Waals surface area contributed by atoms with E-state index in [4.69, 9.17) is 0 Å². The Balaban J connectivity index is 2.38. The van der Waals surface area contributed by atoms with Crippen molar-refractivity contribution in [3.8, 4) is 0 Å². The first-order chi connectivity index (χ1) is 5.79. The van der Waals surface area contributed by atoms with Gasteiger partial charge in [0.15, 0.2) is 0 Å². The Bertz CT molecular complexity index is 149. The van der Waals surface area contributed by atoms with Crippen LogP contribution in [0.25, 0.3) is 0 Å². The molecule has 3 nitrogen and oxygen atoms in total. The SMILES string of the molecule is O=C1N(CCS)CCN1CCS. The van der Waals surface area contributed by atoms with Gasteiger partial charge in [0.2, 0.25) is 0 Å². The van der Waals surface area contributed by atoms with Gasteiger partial charge in [0, 0.05) is 37.7 Å². The zero-order chi connectivity index (χ0) is 8.97. The van der Waals surface area contributed by atoms with Crippen LogP contribution in [0.4, 0.5) is 4.79 Å². The number of carbonyl (C=O) groups excluding carboxylic acids is 1. The van der Waals surface area contributed by atoms with Gasteiger partial charge in [0.05, 0.1) is 0 Å². The van der Waals surface area contributed by atoms with E-state index in [2.05, 4.69) is 25.3 Å². The third-order valence-corrected chi connectivity index (χ3v) is 2.32. The van der Waals surface area contributed by atoms with Gasteiger partial charge in [-0.1, -0.05) is 0 Å². The predicted octanol–water partition coefficient (Wildman–Crippen LogP) is 0.584. The van der Waals surface area contributed by atoms with Gasteiger partial charge >= 0.3 is 6.03 Å². The summed E-state index contributed by atoms with van der Waals surface area (Å²) in [5, 5.41) is 0. The van der Waals surface area contributed by atoms with Crippen molar-refractivity contribution in [1.29, 1.82) is 0 Å². The topological polar surface area (TPSA) is 23.6 Å². The van der Waals surface area contributed by atoms with Crippen LogP contribution in [-0.4, -0.2) is 53.5 Å². The Hall–Kier alpha value is -0.0300. The molecule has 5 heteroatoms. The molecule has 0 atom stereocenters. The lowest BCUT2D eigenvalue weighted by molar-refractivity contribution is 0.196. The molecule has 0 aromatic carbocycles. The molecule has 1 heterocycles. The number of amides is 2. The van der Waals surface area contributed by atoms with Crippen LogP contribution < -0.4 is 0 Å². The van der Waals surface area contributed by atoms with Crippen molar-refractivity contribution in [2.75, 3.05) is 37.7 Å². The second kappa shape index (κ2) is 4.87. The zero-order valence-corrected chi connectivity index (χ0v) is 8.73. The van der Waals surface area contributed by atoms with Crippen molar-refractivity contribution in [1.82, 2.24) is 9.80 Å². The van der Waals surface area contributed by atoms with E-state index in [1.54, 1.807) is 0 Å². The molecule has 1 aliphatic heterocycles. The van der Waals surface area contributed by atoms with Gasteiger partial charge in [0.1, 0.15) is 0 Å². The van der Waals surface area contributed by atoms with E-state index in [0.717, 1.165) is 37.7 Å². The Morgan fingerprint density at radius 2 is 1.50 bits per heavy atom. The lowest BCUT2D eigenvalue weighted by Gasteiger charge is -2.16. The van der Waals surface area contributed by atoms with Crippen LogP contribution in [-0.2, 0) is 0 Å². The molecular formula is C7H14N2OS2. The molecule has 2 amide bonds. The van der Waals surface area contributed by atoms with Crippen molar-refractivity contribution in [2.45, 2.75) is 0 Å². The quantitative estimate of drug-likeness (QED) is 0.646. The largest absolute Gasteiger partial charge is 0.322 e. The van der Waals surface area contributed by atoms with Gasteiger partial charge in [-0.15, -0.1) is 0 Å². The first-order valence-electron chi connectivity index (χ1n) is 4.05. The highest BCUT2D eigenvalue weighted by molar-refractivity contribution is 7.80. The average Bonchev–Trinajstić information content (AvgIpc) is 2.38. The van der Waals surface area contributed by atoms with Crippen LogP contribution in [0.5, 0.6) is 0 Å². The molecule has 1 saturated heterocycles. The molecule has 0 aromatic heterocycles. The maximum Gasteiger partial charge on any atom is 0.320 e. The maximum absolute atomic E-state index is 11.5. The summed E-state index contributed by atoms with van der Waals surface area (Å²) < 4.78 is 0. The molecule has 0 radical (unpaired) electrons. The minimum atomic E-state index is 0.137. The molecule has 0 spiro atoms. The Morgan fingerprint density at radius 1 is 1.08 bits per heavy atom. The number of hydrogen-bond donors (Lipinski definition) is 2. The Labute approximate surface area is 83.9 Å². The molecule has 0 bridgehead atoms. The molecule has 0 N–H and O–H groups in total. The first-order valence-corrected chi connectivity index (χ1v) is 5.31. The molecule has 12 heavy (non-hydrogen) atoms. The molecule has 70 valence electrons. The first kappa shape index (κ1) is 10.1. The standard InChI is InChI=1S/C7H14N2OS2/c10-7-8(3-5-11)1-2-9(7)4-6-12/h11-12H,1-6H2. The minimum absolute atomic E-state index is 0.137. The highest BCUT2D eigenvalue weighted by atomic mass is 32.1. The van der Waals surface area contributed by atoms with Gasteiger partial charge in [-0.3, -0.25) is 0 Å². The maximum atomic E-state index is 11.5. The van der Waals surface area contributed by atoms with E-state index in [9.17, 15) is 4.79 Å². The summed E-state index contributed by atoms with van der Waals surface area (Å²) in [6.45, 7) is 3.19. The third kappa shape index (κ3) is 2.23. The number of urea groups is 1. The summed E-state index contributed by atoms with van der Waals surface area (Å²) in [5.41, 5.74) is 0. The van der Waals surface area contributed by atoms with Gasteiger partial charge in [-0.2, -0.15) is 25.3 Å². The van der Waals surface area contributed by atoms with E-state index < -0.39 is 0 Å². The normalized spacial score (nSPS) is 17.7. The highest BCUT2D eigenvalue weighted by Crippen LogP contribution is 2.07. The van der Waals surface area contributed by atoms with Crippen LogP contribution in [0.2, 0.25) is 0 Å². The van der Waals surface area contributed by atoms with Gasteiger partial charge in [0.25, 0.3) is 0 Å². The Morgan fingerprint density at radius 3 is 1.83 bits per heavy atom. The predicted molar refractivity (Wildman–Crippen MR) is 56.2 cm³/mol. The molecule has 0 unspecified atom stereocenters. The second-order valence-corrected chi connectivity index (χ2v) is 3.60. The van der Waals surface area contributed by atoms with E-state index in [0.29, 0.717) is 0 Å². The summed E-state index contributed by atoms with van der Waals surface area (Å²) in [6, 6.07) is 0.137. The average molecular weight is 206 g/mol. The Kier molecular flexibility index (Phi) is 4.08. The summed E-state index contributed by atoms with van der Waals surface area (Å²) in [7, 11) is 0. The molecule has 1 rings (SSSR count). The van der Waals surface area contributed by atoms with Crippen LogP contribution in [0.15, 0.2) is 0 Å². The molecule has 1 aliphatic rings. The lowest BCUT2D eigenvalue weighted by atomic mass is 10.5. The van der Waals surface area contributed by atoms with Crippen molar-refractivity contribution < 1.29 is 4.79 Å². The van der Waals surface area contributed by atoms with Crippen molar-refractivity contribution in [3.63, 3.8) is 0 Å². The second-order valence-electron chi connectivity index (χ2n) is 2.70. The summed E-state index contributed by atoms with van der Waals surface area (Å²) in [5.74, 6) is 1.47. The van der Waals surface area contributed by atoms with Crippen molar-refractivity contribution in [2.24, 2.45) is 0 Å². The number of nitrogens with zero attached hydrogens (tertiary/aromatic N) is 2. The third-order valence-electron chi connectivity index (χ3n) is 1.92. The summed E-state index contributed by atoms with van der Waals surface area (Å²) in [4.78, 5) is 15.1. The van der Waals surface area contributed by atoms with Crippen molar-refractivity contribution in [3.05, 3.63) is 0 Å². The molecule has 0 saturated carbocycles. The molecular weight excluding hydrogens is 192 g/mol. The molecule has 0 aromatic rings. The number of rotatable bonds is 4. The molecule has 1 fully saturated rings.